The summed E-state index contributed by atoms with van der Waals surface area (Å²) in [6.45, 7) is 5.93. The van der Waals surface area contributed by atoms with Gasteiger partial charge < -0.3 is 14.8 Å². The lowest BCUT2D eigenvalue weighted by Crippen LogP contribution is -2.11. The van der Waals surface area contributed by atoms with Crippen LogP contribution in [-0.4, -0.2) is 16.0 Å². The molecule has 0 bridgehead atoms. The van der Waals surface area contributed by atoms with Gasteiger partial charge in [0.25, 0.3) is 5.91 Å². The predicted octanol–water partition coefficient (Wildman–Crippen LogP) is 5.38. The summed E-state index contributed by atoms with van der Waals surface area (Å²) in [6.07, 6.45) is 0. The second-order valence-electron chi connectivity index (χ2n) is 7.00. The molecule has 4 aromatic rings. The third kappa shape index (κ3) is 3.34. The first kappa shape index (κ1) is 17.8. The number of aromatic hydroxyl groups is 1. The van der Waals surface area contributed by atoms with Crippen LogP contribution in [0, 0.1) is 20.8 Å². The molecule has 0 saturated carbocycles. The van der Waals surface area contributed by atoms with E-state index in [4.69, 9.17) is 4.42 Å². The van der Waals surface area contributed by atoms with Gasteiger partial charge in [0.05, 0.1) is 5.56 Å². The van der Waals surface area contributed by atoms with Crippen molar-refractivity contribution in [2.45, 2.75) is 20.8 Å². The number of carbonyl (C=O) groups is 1. The fraction of sp³-hybridized carbons (Fsp3) is 0.130. The van der Waals surface area contributed by atoms with E-state index in [1.54, 1.807) is 24.3 Å². The van der Waals surface area contributed by atoms with Gasteiger partial charge in [0.1, 0.15) is 11.3 Å². The molecule has 5 heteroatoms. The highest BCUT2D eigenvalue weighted by atomic mass is 16.3. The van der Waals surface area contributed by atoms with Gasteiger partial charge in [-0.3, -0.25) is 4.79 Å². The van der Waals surface area contributed by atoms with E-state index in [-0.39, 0.29) is 11.7 Å². The molecule has 140 valence electrons. The van der Waals surface area contributed by atoms with Gasteiger partial charge in [0, 0.05) is 11.3 Å². The minimum Gasteiger partial charge on any atom is -0.507 e. The van der Waals surface area contributed by atoms with Crippen molar-refractivity contribution in [3.05, 3.63) is 76.9 Å². The highest BCUT2D eigenvalue weighted by molar-refractivity contribution is 6.04. The summed E-state index contributed by atoms with van der Waals surface area (Å²) in [5, 5.41) is 13.2. The Morgan fingerprint density at radius 2 is 1.71 bits per heavy atom. The van der Waals surface area contributed by atoms with Crippen LogP contribution in [0.25, 0.3) is 22.6 Å². The summed E-state index contributed by atoms with van der Waals surface area (Å²) in [5.74, 6) is 0.127. The third-order valence-corrected chi connectivity index (χ3v) is 4.62. The SMILES string of the molecule is Cc1ccc(C(=O)Nc2ccc(O)c(-c3nc4cc(C)cc(C)c4o3)c2)cc1. The third-order valence-electron chi connectivity index (χ3n) is 4.62. The first-order valence-corrected chi connectivity index (χ1v) is 9.00. The van der Waals surface area contributed by atoms with Crippen molar-refractivity contribution in [3.63, 3.8) is 0 Å². The maximum Gasteiger partial charge on any atom is 0.255 e. The van der Waals surface area contributed by atoms with Gasteiger partial charge in [-0.05, 0) is 68.3 Å². The molecule has 5 nitrogen and oxygen atoms in total. The average Bonchev–Trinajstić information content (AvgIpc) is 3.08. The van der Waals surface area contributed by atoms with E-state index < -0.39 is 0 Å². The monoisotopic (exact) mass is 372 g/mol. The molecule has 2 N–H and O–H groups in total. The van der Waals surface area contributed by atoms with Crippen molar-refractivity contribution in [3.8, 4) is 17.2 Å². The number of hydrogen-bond acceptors (Lipinski definition) is 4. The number of oxazole rings is 1. The lowest BCUT2D eigenvalue weighted by Gasteiger charge is -2.08. The number of phenolic OH excluding ortho intramolecular Hbond substituents is 1. The Bertz CT molecular complexity index is 1190. The molecular formula is C23H20N2O3. The Kier molecular flexibility index (Phi) is 4.35. The fourth-order valence-corrected chi connectivity index (χ4v) is 3.19. The standard InChI is InChI=1S/C23H20N2O3/c1-13-4-6-16(7-5-13)22(27)24-17-8-9-20(26)18(12-17)23-25-19-11-14(2)10-15(3)21(19)28-23/h4-12,26H,1-3H3,(H,24,27). The smallest absolute Gasteiger partial charge is 0.255 e. The number of hydrogen-bond donors (Lipinski definition) is 2. The van der Waals surface area contributed by atoms with Crippen LogP contribution in [-0.2, 0) is 0 Å². The Balaban J connectivity index is 1.68. The van der Waals surface area contributed by atoms with Crippen LogP contribution in [0.1, 0.15) is 27.0 Å². The highest BCUT2D eigenvalue weighted by Crippen LogP contribution is 2.34. The maximum absolute atomic E-state index is 12.5. The van der Waals surface area contributed by atoms with E-state index in [0.29, 0.717) is 28.3 Å². The summed E-state index contributed by atoms with van der Waals surface area (Å²) in [5.41, 5.74) is 6.13. The number of amides is 1. The Labute approximate surface area is 162 Å². The maximum atomic E-state index is 12.5. The molecule has 0 fully saturated rings. The molecular weight excluding hydrogens is 352 g/mol. The topological polar surface area (TPSA) is 75.4 Å². The Morgan fingerprint density at radius 1 is 0.964 bits per heavy atom. The first-order valence-electron chi connectivity index (χ1n) is 9.00. The van der Waals surface area contributed by atoms with E-state index in [9.17, 15) is 9.90 Å². The molecule has 1 amide bonds. The fourth-order valence-electron chi connectivity index (χ4n) is 3.19. The molecule has 1 heterocycles. The largest absolute Gasteiger partial charge is 0.507 e. The number of aryl methyl sites for hydroxylation is 3. The van der Waals surface area contributed by atoms with E-state index >= 15 is 0 Å². The number of aromatic nitrogens is 1. The van der Waals surface area contributed by atoms with Crippen molar-refractivity contribution in [2.24, 2.45) is 0 Å². The van der Waals surface area contributed by atoms with Crippen molar-refractivity contribution >= 4 is 22.7 Å². The van der Waals surface area contributed by atoms with Crippen LogP contribution in [0.5, 0.6) is 5.75 Å². The second-order valence-corrected chi connectivity index (χ2v) is 7.00. The van der Waals surface area contributed by atoms with Crippen LogP contribution in [0.15, 0.2) is 59.0 Å². The van der Waals surface area contributed by atoms with Crippen LogP contribution < -0.4 is 5.32 Å². The van der Waals surface area contributed by atoms with Crippen molar-refractivity contribution in [2.75, 3.05) is 5.32 Å². The molecule has 3 aromatic carbocycles. The molecule has 0 aliphatic heterocycles. The highest BCUT2D eigenvalue weighted by Gasteiger charge is 2.16. The Hall–Kier alpha value is -3.60. The van der Waals surface area contributed by atoms with Crippen LogP contribution in [0.4, 0.5) is 5.69 Å². The van der Waals surface area contributed by atoms with Crippen LogP contribution in [0.3, 0.4) is 0 Å². The molecule has 0 aliphatic carbocycles. The lowest BCUT2D eigenvalue weighted by molar-refractivity contribution is 0.102. The van der Waals surface area contributed by atoms with Gasteiger partial charge in [-0.2, -0.15) is 0 Å². The Morgan fingerprint density at radius 3 is 2.46 bits per heavy atom. The number of fused-ring (bicyclic) bond motifs is 1. The van der Waals surface area contributed by atoms with Gasteiger partial charge in [-0.1, -0.05) is 23.8 Å². The van der Waals surface area contributed by atoms with E-state index in [1.807, 2.05) is 45.0 Å². The molecule has 0 radical (unpaired) electrons. The lowest BCUT2D eigenvalue weighted by atomic mass is 10.1. The number of nitrogens with zero attached hydrogens (tertiary/aromatic N) is 1. The summed E-state index contributed by atoms with van der Waals surface area (Å²) in [7, 11) is 0. The number of benzene rings is 3. The minimum absolute atomic E-state index is 0.0364. The number of nitrogens with one attached hydrogen (secondary N) is 1. The minimum atomic E-state index is -0.222. The predicted molar refractivity (Wildman–Crippen MR) is 110 cm³/mol. The zero-order valence-electron chi connectivity index (χ0n) is 15.9. The molecule has 0 aliphatic rings. The summed E-state index contributed by atoms with van der Waals surface area (Å²) >= 11 is 0. The van der Waals surface area contributed by atoms with E-state index in [0.717, 1.165) is 22.2 Å². The van der Waals surface area contributed by atoms with Crippen molar-refractivity contribution in [1.29, 1.82) is 0 Å². The first-order chi connectivity index (χ1) is 13.4. The van der Waals surface area contributed by atoms with Gasteiger partial charge in [-0.25, -0.2) is 4.98 Å². The second kappa shape index (κ2) is 6.85. The van der Waals surface area contributed by atoms with Gasteiger partial charge in [0.2, 0.25) is 5.89 Å². The number of phenols is 1. The molecule has 0 saturated heterocycles. The number of rotatable bonds is 3. The summed E-state index contributed by atoms with van der Waals surface area (Å²) in [4.78, 5) is 17.0. The normalized spacial score (nSPS) is 11.0. The van der Waals surface area contributed by atoms with Gasteiger partial charge in [-0.15, -0.1) is 0 Å². The van der Waals surface area contributed by atoms with E-state index in [2.05, 4.69) is 10.3 Å². The zero-order chi connectivity index (χ0) is 19.8. The van der Waals surface area contributed by atoms with E-state index in [1.165, 1.54) is 6.07 Å². The molecule has 0 atom stereocenters. The molecule has 28 heavy (non-hydrogen) atoms. The van der Waals surface area contributed by atoms with Crippen LogP contribution >= 0.6 is 0 Å². The van der Waals surface area contributed by atoms with Crippen LogP contribution in [0.2, 0.25) is 0 Å². The molecule has 0 spiro atoms. The summed E-state index contributed by atoms with van der Waals surface area (Å²) < 4.78 is 5.89. The average molecular weight is 372 g/mol. The molecule has 1 aromatic heterocycles. The van der Waals surface area contributed by atoms with Gasteiger partial charge in [0.15, 0.2) is 5.58 Å². The number of carbonyl (C=O) groups excluding carboxylic acids is 1. The number of anilines is 1. The molecule has 0 unspecified atom stereocenters. The van der Waals surface area contributed by atoms with Crippen molar-refractivity contribution in [1.82, 2.24) is 4.98 Å². The quantitative estimate of drug-likeness (QED) is 0.474. The van der Waals surface area contributed by atoms with Gasteiger partial charge >= 0.3 is 0 Å². The zero-order valence-corrected chi connectivity index (χ0v) is 15.9. The van der Waals surface area contributed by atoms with Crippen molar-refractivity contribution < 1.29 is 14.3 Å². The molecule has 4 rings (SSSR count). The summed E-state index contributed by atoms with van der Waals surface area (Å²) in [6, 6.07) is 16.1.